The first-order valence-corrected chi connectivity index (χ1v) is 17.5. The molecule has 2 heterocycles. The number of urea groups is 1. The number of benzene rings is 3. The number of piperidine rings is 2. The molecule has 2 aliphatic rings. The standard InChI is InChI=1S/C35H43N5O6S/c1-25-9-15-31(16-10-25)47(45,46)40-19-5-8-28(24-40)33(41)38-32(34(42)43)22-26-11-13-29(14-12-26)36-35(44)37-30-17-20-39(21-18-30)23-27-6-3-2-4-7-27/h2-4,6-7,9-16,28,30,32H,5,8,17-24H2,1H3,(H,38,41)(H,42,43)(H2,36,37,44)/t28?,32-/m0/s1. The van der Waals surface area contributed by atoms with Gasteiger partial charge in [-0.15, -0.1) is 0 Å². The van der Waals surface area contributed by atoms with Crippen molar-refractivity contribution in [3.8, 4) is 0 Å². The van der Waals surface area contributed by atoms with Crippen LogP contribution in [0.25, 0.3) is 0 Å². The van der Waals surface area contributed by atoms with Crippen molar-refractivity contribution < 1.29 is 27.9 Å². The molecule has 3 aromatic rings. The van der Waals surface area contributed by atoms with Crippen molar-refractivity contribution in [3.05, 3.63) is 95.6 Å². The molecular weight excluding hydrogens is 618 g/mol. The van der Waals surface area contributed by atoms with E-state index in [1.54, 1.807) is 48.5 Å². The van der Waals surface area contributed by atoms with Crippen molar-refractivity contribution in [2.75, 3.05) is 31.5 Å². The van der Waals surface area contributed by atoms with E-state index >= 15 is 0 Å². The maximum absolute atomic E-state index is 13.2. The summed E-state index contributed by atoms with van der Waals surface area (Å²) in [7, 11) is -3.77. The summed E-state index contributed by atoms with van der Waals surface area (Å²) in [6, 6.07) is 22.3. The maximum atomic E-state index is 13.2. The minimum atomic E-state index is -3.77. The first-order valence-electron chi connectivity index (χ1n) is 16.1. The van der Waals surface area contributed by atoms with Crippen LogP contribution in [0.15, 0.2) is 83.8 Å². The Morgan fingerprint density at radius 1 is 0.872 bits per heavy atom. The Morgan fingerprint density at radius 2 is 1.55 bits per heavy atom. The molecule has 0 aliphatic carbocycles. The van der Waals surface area contributed by atoms with Gasteiger partial charge in [0.1, 0.15) is 6.04 Å². The molecule has 3 aromatic carbocycles. The van der Waals surface area contributed by atoms with Gasteiger partial charge in [-0.2, -0.15) is 4.31 Å². The van der Waals surface area contributed by atoms with Crippen LogP contribution in [0, 0.1) is 12.8 Å². The molecule has 0 spiro atoms. The highest BCUT2D eigenvalue weighted by atomic mass is 32.2. The fourth-order valence-electron chi connectivity index (χ4n) is 6.11. The third-order valence-electron chi connectivity index (χ3n) is 8.85. The molecular formula is C35H43N5O6S. The van der Waals surface area contributed by atoms with Crippen molar-refractivity contribution >= 4 is 33.6 Å². The van der Waals surface area contributed by atoms with Crippen LogP contribution in [-0.4, -0.2) is 78.9 Å². The Bertz CT molecular complexity index is 1630. The maximum Gasteiger partial charge on any atom is 0.326 e. The van der Waals surface area contributed by atoms with Crippen molar-refractivity contribution in [3.63, 3.8) is 0 Å². The van der Waals surface area contributed by atoms with Crippen LogP contribution in [0.2, 0.25) is 0 Å². The van der Waals surface area contributed by atoms with Gasteiger partial charge in [0.15, 0.2) is 0 Å². The van der Waals surface area contributed by atoms with E-state index < -0.39 is 33.9 Å². The summed E-state index contributed by atoms with van der Waals surface area (Å²) in [5.74, 6) is -2.33. The first-order chi connectivity index (χ1) is 22.6. The molecule has 3 amide bonds. The smallest absolute Gasteiger partial charge is 0.326 e. The number of carboxylic acids is 1. The lowest BCUT2D eigenvalue weighted by atomic mass is 9.97. The van der Waals surface area contributed by atoms with E-state index in [4.69, 9.17) is 0 Å². The summed E-state index contributed by atoms with van der Waals surface area (Å²) in [6.07, 6.45) is 2.73. The average molecular weight is 662 g/mol. The minimum Gasteiger partial charge on any atom is -0.480 e. The predicted molar refractivity (Wildman–Crippen MR) is 179 cm³/mol. The van der Waals surface area contributed by atoms with E-state index in [1.807, 2.05) is 25.1 Å². The Labute approximate surface area is 276 Å². The number of carboxylic acid groups (broad SMARTS) is 1. The Morgan fingerprint density at radius 3 is 2.21 bits per heavy atom. The Balaban J connectivity index is 1.08. The molecule has 2 fully saturated rings. The number of sulfonamides is 1. The van der Waals surface area contributed by atoms with E-state index in [-0.39, 0.29) is 29.9 Å². The summed E-state index contributed by atoms with van der Waals surface area (Å²) >= 11 is 0. The number of nitrogens with zero attached hydrogens (tertiary/aromatic N) is 2. The number of aliphatic carboxylic acids is 1. The van der Waals surface area contributed by atoms with Gasteiger partial charge in [-0.3, -0.25) is 9.69 Å². The molecule has 2 saturated heterocycles. The molecule has 12 heteroatoms. The monoisotopic (exact) mass is 661 g/mol. The van der Waals surface area contributed by atoms with Gasteiger partial charge in [-0.1, -0.05) is 60.2 Å². The number of hydrogen-bond donors (Lipinski definition) is 4. The molecule has 0 radical (unpaired) electrons. The highest BCUT2D eigenvalue weighted by Crippen LogP contribution is 2.25. The lowest BCUT2D eigenvalue weighted by Crippen LogP contribution is -2.50. The third kappa shape index (κ3) is 9.40. The molecule has 5 rings (SSSR count). The van der Waals surface area contributed by atoms with E-state index in [2.05, 4.69) is 33.0 Å². The van der Waals surface area contributed by atoms with E-state index in [9.17, 15) is 27.9 Å². The SMILES string of the molecule is Cc1ccc(S(=O)(=O)N2CCCC(C(=O)N[C@@H](Cc3ccc(NC(=O)NC4CCN(Cc5ccccc5)CC4)cc3)C(=O)O)C2)cc1. The molecule has 11 nitrogen and oxygen atoms in total. The van der Waals surface area contributed by atoms with Gasteiger partial charge < -0.3 is 21.1 Å². The average Bonchev–Trinajstić information content (AvgIpc) is 3.07. The van der Waals surface area contributed by atoms with Gasteiger partial charge in [-0.25, -0.2) is 18.0 Å². The van der Waals surface area contributed by atoms with Crippen molar-refractivity contribution in [2.45, 2.75) is 62.6 Å². The van der Waals surface area contributed by atoms with Crippen LogP contribution in [0.5, 0.6) is 0 Å². The normalized spacial score (nSPS) is 18.6. The zero-order valence-electron chi connectivity index (χ0n) is 26.6. The van der Waals surface area contributed by atoms with Gasteiger partial charge in [-0.05, 0) is 68.0 Å². The number of carbonyl (C=O) groups excluding carboxylic acids is 2. The lowest BCUT2D eigenvalue weighted by molar-refractivity contribution is -0.142. The van der Waals surface area contributed by atoms with Gasteiger partial charge in [0.05, 0.1) is 10.8 Å². The number of hydrogen-bond acceptors (Lipinski definition) is 6. The molecule has 4 N–H and O–H groups in total. The molecule has 0 aromatic heterocycles. The molecule has 47 heavy (non-hydrogen) atoms. The fourth-order valence-corrected chi connectivity index (χ4v) is 7.64. The number of carbonyl (C=O) groups is 3. The molecule has 0 bridgehead atoms. The van der Waals surface area contributed by atoms with Gasteiger partial charge in [0, 0.05) is 50.9 Å². The number of nitrogens with one attached hydrogen (secondary N) is 3. The molecule has 1 unspecified atom stereocenters. The van der Waals surface area contributed by atoms with Crippen LogP contribution in [0.1, 0.15) is 42.4 Å². The van der Waals surface area contributed by atoms with Crippen molar-refractivity contribution in [1.82, 2.24) is 19.8 Å². The second kappa shape index (κ2) is 15.6. The van der Waals surface area contributed by atoms with Crippen molar-refractivity contribution in [1.29, 1.82) is 0 Å². The molecule has 2 atom stereocenters. The van der Waals surface area contributed by atoms with Crippen LogP contribution in [-0.2, 0) is 32.6 Å². The topological polar surface area (TPSA) is 148 Å². The summed E-state index contributed by atoms with van der Waals surface area (Å²) in [6.45, 7) is 4.87. The second-order valence-electron chi connectivity index (χ2n) is 12.5. The van der Waals surface area contributed by atoms with E-state index in [0.717, 1.165) is 38.0 Å². The van der Waals surface area contributed by atoms with Gasteiger partial charge >= 0.3 is 12.0 Å². The van der Waals surface area contributed by atoms with Crippen LogP contribution < -0.4 is 16.0 Å². The lowest BCUT2D eigenvalue weighted by Gasteiger charge is -2.32. The summed E-state index contributed by atoms with van der Waals surface area (Å²) in [4.78, 5) is 40.4. The summed E-state index contributed by atoms with van der Waals surface area (Å²) < 4.78 is 27.6. The molecule has 0 saturated carbocycles. The van der Waals surface area contributed by atoms with Gasteiger partial charge in [0.25, 0.3) is 0 Å². The molecule has 250 valence electrons. The first kappa shape index (κ1) is 34.1. The number of rotatable bonds is 11. The minimum absolute atomic E-state index is 0.0103. The number of aryl methyl sites for hydroxylation is 1. The quantitative estimate of drug-likeness (QED) is 0.243. The fraction of sp³-hybridized carbons (Fsp3) is 0.400. The third-order valence-corrected chi connectivity index (χ3v) is 10.7. The highest BCUT2D eigenvalue weighted by Gasteiger charge is 2.34. The van der Waals surface area contributed by atoms with Crippen LogP contribution >= 0.6 is 0 Å². The Kier molecular flexibility index (Phi) is 11.3. The zero-order valence-corrected chi connectivity index (χ0v) is 27.4. The largest absolute Gasteiger partial charge is 0.480 e. The Hall–Kier alpha value is -4.26. The zero-order chi connectivity index (χ0) is 33.4. The van der Waals surface area contributed by atoms with Crippen molar-refractivity contribution in [2.24, 2.45) is 5.92 Å². The molecule has 2 aliphatic heterocycles. The number of anilines is 1. The summed E-state index contributed by atoms with van der Waals surface area (Å²) in [5, 5.41) is 18.4. The second-order valence-corrected chi connectivity index (χ2v) is 14.4. The number of amides is 3. The summed E-state index contributed by atoms with van der Waals surface area (Å²) in [5.41, 5.74) is 3.46. The van der Waals surface area contributed by atoms with Gasteiger partial charge in [0.2, 0.25) is 15.9 Å². The predicted octanol–water partition coefficient (Wildman–Crippen LogP) is 3.99. The highest BCUT2D eigenvalue weighted by molar-refractivity contribution is 7.89. The van der Waals surface area contributed by atoms with Crippen LogP contribution in [0.4, 0.5) is 10.5 Å². The van der Waals surface area contributed by atoms with E-state index in [1.165, 1.54) is 9.87 Å². The van der Waals surface area contributed by atoms with E-state index in [0.29, 0.717) is 30.6 Å². The van der Waals surface area contributed by atoms with Crippen LogP contribution in [0.3, 0.4) is 0 Å². The number of likely N-dealkylation sites (tertiary alicyclic amines) is 1.